The first-order chi connectivity index (χ1) is 12.3. The number of anilines is 1. The molecule has 1 aromatic heterocycles. The van der Waals surface area contributed by atoms with Crippen molar-refractivity contribution in [2.75, 3.05) is 23.4 Å². The Hall–Kier alpha value is -2.12. The van der Waals surface area contributed by atoms with E-state index in [1.807, 2.05) is 43.0 Å². The number of carbonyl (C=O) groups is 1. The quantitative estimate of drug-likeness (QED) is 0.838. The van der Waals surface area contributed by atoms with E-state index in [1.54, 1.807) is 12.3 Å². The van der Waals surface area contributed by atoms with Crippen molar-refractivity contribution in [1.82, 2.24) is 4.90 Å². The Morgan fingerprint density at radius 3 is 2.69 bits per heavy atom. The van der Waals surface area contributed by atoms with Gasteiger partial charge in [-0.3, -0.25) is 9.69 Å². The Bertz CT molecular complexity index is 875. The Morgan fingerprint density at radius 2 is 2.08 bits per heavy atom. The number of aryl methyl sites for hydroxylation is 2. The van der Waals surface area contributed by atoms with Crippen LogP contribution in [0.1, 0.15) is 23.3 Å². The van der Waals surface area contributed by atoms with Gasteiger partial charge in [-0.1, -0.05) is 6.07 Å². The van der Waals surface area contributed by atoms with Gasteiger partial charge in [0.25, 0.3) is 0 Å². The molecule has 6 nitrogen and oxygen atoms in total. The molecule has 0 unspecified atom stereocenters. The lowest BCUT2D eigenvalue weighted by molar-refractivity contribution is -0.118. The van der Waals surface area contributed by atoms with Crippen LogP contribution in [0.2, 0.25) is 0 Å². The van der Waals surface area contributed by atoms with E-state index >= 15 is 0 Å². The molecule has 1 saturated heterocycles. The van der Waals surface area contributed by atoms with Crippen LogP contribution >= 0.6 is 0 Å². The molecule has 1 fully saturated rings. The maximum Gasteiger partial charge on any atom is 0.238 e. The Morgan fingerprint density at radius 1 is 1.27 bits per heavy atom. The fraction of sp³-hybridized carbons (Fsp3) is 0.421. The van der Waals surface area contributed by atoms with Gasteiger partial charge >= 0.3 is 0 Å². The highest BCUT2D eigenvalue weighted by molar-refractivity contribution is 7.91. The van der Waals surface area contributed by atoms with Crippen LogP contribution in [0.5, 0.6) is 0 Å². The van der Waals surface area contributed by atoms with Crippen LogP contribution in [-0.2, 0) is 21.2 Å². The van der Waals surface area contributed by atoms with Gasteiger partial charge < -0.3 is 9.73 Å². The number of nitrogens with one attached hydrogen (secondary N) is 1. The van der Waals surface area contributed by atoms with Crippen LogP contribution in [0, 0.1) is 13.8 Å². The second kappa shape index (κ2) is 7.63. The predicted molar refractivity (Wildman–Crippen MR) is 101 cm³/mol. The zero-order chi connectivity index (χ0) is 18.7. The average molecular weight is 376 g/mol. The minimum atomic E-state index is -3.03. The molecule has 26 heavy (non-hydrogen) atoms. The number of hydrogen-bond acceptors (Lipinski definition) is 5. The van der Waals surface area contributed by atoms with Gasteiger partial charge in [0.15, 0.2) is 9.84 Å². The largest absolute Gasteiger partial charge is 0.468 e. The van der Waals surface area contributed by atoms with Crippen LogP contribution in [-0.4, -0.2) is 43.3 Å². The Kier molecular flexibility index (Phi) is 5.48. The van der Waals surface area contributed by atoms with Crippen LogP contribution in [0.15, 0.2) is 41.0 Å². The maximum atomic E-state index is 12.5. The number of benzene rings is 1. The standard InChI is InChI=1S/C19H24N2O4S/c1-14-5-6-16(10-15(14)2)20-19(22)12-21(11-18-4-3-8-25-18)17-7-9-26(23,24)13-17/h3-6,8,10,17H,7,9,11-13H2,1-2H3,(H,20,22)/t17-/m0/s1. The summed E-state index contributed by atoms with van der Waals surface area (Å²) in [6, 6.07) is 9.22. The molecule has 3 rings (SSSR count). The molecular formula is C19H24N2O4S. The van der Waals surface area contributed by atoms with Crippen molar-refractivity contribution in [2.24, 2.45) is 0 Å². The summed E-state index contributed by atoms with van der Waals surface area (Å²) >= 11 is 0. The second-order valence-corrected chi connectivity index (χ2v) is 9.12. The van der Waals surface area contributed by atoms with Crippen molar-refractivity contribution in [2.45, 2.75) is 32.9 Å². The van der Waals surface area contributed by atoms with E-state index in [0.29, 0.717) is 18.7 Å². The van der Waals surface area contributed by atoms with Crippen molar-refractivity contribution in [3.05, 3.63) is 53.5 Å². The van der Waals surface area contributed by atoms with Gasteiger partial charge in [-0.15, -0.1) is 0 Å². The number of nitrogens with zero attached hydrogens (tertiary/aromatic N) is 1. The van der Waals surface area contributed by atoms with E-state index in [4.69, 9.17) is 4.42 Å². The lowest BCUT2D eigenvalue weighted by Gasteiger charge is -2.26. The van der Waals surface area contributed by atoms with Gasteiger partial charge in [0.1, 0.15) is 5.76 Å². The van der Waals surface area contributed by atoms with Crippen molar-refractivity contribution < 1.29 is 17.6 Å². The van der Waals surface area contributed by atoms with Gasteiger partial charge in [-0.25, -0.2) is 8.42 Å². The number of sulfone groups is 1. The smallest absolute Gasteiger partial charge is 0.238 e. The molecule has 0 aliphatic carbocycles. The summed E-state index contributed by atoms with van der Waals surface area (Å²) in [6.07, 6.45) is 2.12. The third-order valence-electron chi connectivity index (χ3n) is 4.80. The molecule has 0 spiro atoms. The molecule has 1 atom stereocenters. The molecule has 1 amide bonds. The molecule has 1 aromatic carbocycles. The van der Waals surface area contributed by atoms with Crippen molar-refractivity contribution in [1.29, 1.82) is 0 Å². The second-order valence-electron chi connectivity index (χ2n) is 6.89. The summed E-state index contributed by atoms with van der Waals surface area (Å²) in [6.45, 7) is 4.55. The minimum Gasteiger partial charge on any atom is -0.468 e. The number of furan rings is 1. The van der Waals surface area contributed by atoms with Crippen molar-refractivity contribution in [3.63, 3.8) is 0 Å². The number of amides is 1. The van der Waals surface area contributed by atoms with Crippen molar-refractivity contribution in [3.8, 4) is 0 Å². The minimum absolute atomic E-state index is 0.0879. The van der Waals surface area contributed by atoms with E-state index < -0.39 is 9.84 Å². The predicted octanol–water partition coefficient (Wildman–Crippen LogP) is 2.52. The summed E-state index contributed by atoms with van der Waals surface area (Å²) in [5.41, 5.74) is 3.02. The summed E-state index contributed by atoms with van der Waals surface area (Å²) in [5, 5.41) is 2.90. The monoisotopic (exact) mass is 376 g/mol. The highest BCUT2D eigenvalue weighted by Crippen LogP contribution is 2.21. The third-order valence-corrected chi connectivity index (χ3v) is 6.55. The fourth-order valence-electron chi connectivity index (χ4n) is 3.18. The summed E-state index contributed by atoms with van der Waals surface area (Å²) in [4.78, 5) is 14.4. The number of rotatable bonds is 6. The van der Waals surface area contributed by atoms with Gasteiger partial charge in [0.2, 0.25) is 5.91 Å². The van der Waals surface area contributed by atoms with Gasteiger partial charge in [0.05, 0.1) is 30.9 Å². The molecular weight excluding hydrogens is 352 g/mol. The normalized spacial score (nSPS) is 19.0. The molecule has 0 bridgehead atoms. The zero-order valence-electron chi connectivity index (χ0n) is 15.1. The van der Waals surface area contributed by atoms with Gasteiger partial charge in [-0.05, 0) is 55.7 Å². The van der Waals surface area contributed by atoms with E-state index in [1.165, 1.54) is 5.56 Å². The van der Waals surface area contributed by atoms with Crippen LogP contribution in [0.3, 0.4) is 0 Å². The van der Waals surface area contributed by atoms with Crippen LogP contribution in [0.25, 0.3) is 0 Å². The number of carbonyl (C=O) groups excluding carboxylic acids is 1. The zero-order valence-corrected chi connectivity index (χ0v) is 15.9. The SMILES string of the molecule is Cc1ccc(NC(=O)CN(Cc2ccco2)[C@H]2CCS(=O)(=O)C2)cc1C. The van der Waals surface area contributed by atoms with Gasteiger partial charge in [-0.2, -0.15) is 0 Å². The van der Waals surface area contributed by atoms with Crippen molar-refractivity contribution >= 4 is 21.4 Å². The molecule has 0 saturated carbocycles. The Balaban J connectivity index is 1.69. The molecule has 7 heteroatoms. The lowest BCUT2D eigenvalue weighted by atomic mass is 10.1. The molecule has 0 radical (unpaired) electrons. The molecule has 140 valence electrons. The average Bonchev–Trinajstić information content (AvgIpc) is 3.19. The van der Waals surface area contributed by atoms with E-state index in [9.17, 15) is 13.2 Å². The maximum absolute atomic E-state index is 12.5. The Labute approximate surface area is 154 Å². The van der Waals surface area contributed by atoms with Gasteiger partial charge in [0, 0.05) is 11.7 Å². The lowest BCUT2D eigenvalue weighted by Crippen LogP contribution is -2.41. The first-order valence-corrected chi connectivity index (χ1v) is 10.5. The molecule has 1 aliphatic heterocycles. The van der Waals surface area contributed by atoms with Crippen LogP contribution in [0.4, 0.5) is 5.69 Å². The summed E-state index contributed by atoms with van der Waals surface area (Å²) < 4.78 is 29.1. The topological polar surface area (TPSA) is 79.6 Å². The first kappa shape index (κ1) is 18.7. The summed E-state index contributed by atoms with van der Waals surface area (Å²) in [5.74, 6) is 0.813. The van der Waals surface area contributed by atoms with E-state index in [0.717, 1.165) is 11.3 Å². The highest BCUT2D eigenvalue weighted by atomic mass is 32.2. The first-order valence-electron chi connectivity index (χ1n) is 8.66. The van der Waals surface area contributed by atoms with E-state index in [-0.39, 0.29) is 30.0 Å². The molecule has 2 aromatic rings. The molecule has 1 aliphatic rings. The summed E-state index contributed by atoms with van der Waals surface area (Å²) in [7, 11) is -3.03. The fourth-order valence-corrected chi connectivity index (χ4v) is 4.95. The molecule has 2 heterocycles. The number of hydrogen-bond donors (Lipinski definition) is 1. The van der Waals surface area contributed by atoms with E-state index in [2.05, 4.69) is 5.32 Å². The third kappa shape index (κ3) is 4.74. The highest BCUT2D eigenvalue weighted by Gasteiger charge is 2.33. The molecule has 1 N–H and O–H groups in total. The van der Waals surface area contributed by atoms with Crippen LogP contribution < -0.4 is 5.32 Å².